The highest BCUT2D eigenvalue weighted by atomic mass is 16.4. The van der Waals surface area contributed by atoms with Gasteiger partial charge in [0, 0.05) is 17.4 Å². The van der Waals surface area contributed by atoms with Crippen molar-refractivity contribution < 1.29 is 9.90 Å². The maximum absolute atomic E-state index is 10.9. The standard InChI is InChI=1S/C16H17N3O2/c1-2-5-14(19-16(20)21)15-10-11(8-9-18-15)12-6-3-4-7-13(12)17/h2-4,6-10,14,19H,1,5,17H2,(H,20,21). The minimum Gasteiger partial charge on any atom is -0.465 e. The third-order valence-electron chi connectivity index (χ3n) is 3.11. The summed E-state index contributed by atoms with van der Waals surface area (Å²) in [4.78, 5) is 15.1. The van der Waals surface area contributed by atoms with Crippen LogP contribution in [0.3, 0.4) is 0 Å². The van der Waals surface area contributed by atoms with Gasteiger partial charge >= 0.3 is 6.09 Å². The molecule has 2 rings (SSSR count). The number of benzene rings is 1. The van der Waals surface area contributed by atoms with Crippen LogP contribution in [0, 0.1) is 0 Å². The van der Waals surface area contributed by atoms with Crippen molar-refractivity contribution in [3.8, 4) is 11.1 Å². The van der Waals surface area contributed by atoms with E-state index in [1.54, 1.807) is 12.3 Å². The number of carbonyl (C=O) groups is 1. The van der Waals surface area contributed by atoms with Crippen LogP contribution in [0.2, 0.25) is 0 Å². The lowest BCUT2D eigenvalue weighted by atomic mass is 10.0. The molecular weight excluding hydrogens is 266 g/mol. The molecule has 1 aromatic heterocycles. The highest BCUT2D eigenvalue weighted by Crippen LogP contribution is 2.27. The second-order valence-corrected chi connectivity index (χ2v) is 4.58. The molecule has 108 valence electrons. The number of pyridine rings is 1. The number of para-hydroxylation sites is 1. The van der Waals surface area contributed by atoms with E-state index in [2.05, 4.69) is 16.9 Å². The number of aromatic nitrogens is 1. The number of nitrogens with zero attached hydrogens (tertiary/aromatic N) is 1. The fourth-order valence-electron chi connectivity index (χ4n) is 2.14. The molecule has 0 saturated carbocycles. The van der Waals surface area contributed by atoms with Crippen LogP contribution in [0.5, 0.6) is 0 Å². The summed E-state index contributed by atoms with van der Waals surface area (Å²) in [7, 11) is 0. The Hall–Kier alpha value is -2.82. The molecule has 1 heterocycles. The number of hydrogen-bond acceptors (Lipinski definition) is 3. The molecule has 5 nitrogen and oxygen atoms in total. The smallest absolute Gasteiger partial charge is 0.405 e. The van der Waals surface area contributed by atoms with Crippen molar-refractivity contribution in [3.63, 3.8) is 0 Å². The number of anilines is 1. The van der Waals surface area contributed by atoms with Gasteiger partial charge in [-0.1, -0.05) is 24.3 Å². The molecule has 2 aromatic rings. The van der Waals surface area contributed by atoms with Crippen LogP contribution >= 0.6 is 0 Å². The van der Waals surface area contributed by atoms with Crippen molar-refractivity contribution in [2.24, 2.45) is 0 Å². The Morgan fingerprint density at radius 3 is 2.86 bits per heavy atom. The van der Waals surface area contributed by atoms with Gasteiger partial charge in [0.2, 0.25) is 0 Å². The first kappa shape index (κ1) is 14.6. The normalized spacial score (nSPS) is 11.6. The van der Waals surface area contributed by atoms with Gasteiger partial charge in [-0.15, -0.1) is 6.58 Å². The summed E-state index contributed by atoms with van der Waals surface area (Å²) >= 11 is 0. The molecule has 1 aromatic carbocycles. The van der Waals surface area contributed by atoms with Gasteiger partial charge in [-0.05, 0) is 30.2 Å². The number of nitrogens with one attached hydrogen (secondary N) is 1. The van der Waals surface area contributed by atoms with Gasteiger partial charge in [-0.2, -0.15) is 0 Å². The lowest BCUT2D eigenvalue weighted by Crippen LogP contribution is -2.27. The average molecular weight is 283 g/mol. The van der Waals surface area contributed by atoms with E-state index in [0.29, 0.717) is 17.8 Å². The maximum Gasteiger partial charge on any atom is 0.405 e. The molecule has 0 aliphatic heterocycles. The minimum atomic E-state index is -1.09. The van der Waals surface area contributed by atoms with Gasteiger partial charge in [-0.3, -0.25) is 4.98 Å². The van der Waals surface area contributed by atoms with Gasteiger partial charge in [0.1, 0.15) is 0 Å². The molecule has 0 saturated heterocycles. The molecule has 4 N–H and O–H groups in total. The summed E-state index contributed by atoms with van der Waals surface area (Å²) in [6.07, 6.45) is 2.68. The van der Waals surface area contributed by atoms with Crippen LogP contribution < -0.4 is 11.1 Å². The third-order valence-corrected chi connectivity index (χ3v) is 3.11. The van der Waals surface area contributed by atoms with Crippen LogP contribution in [0.15, 0.2) is 55.3 Å². The fraction of sp³-hybridized carbons (Fsp3) is 0.125. The molecular formula is C16H17N3O2. The molecule has 21 heavy (non-hydrogen) atoms. The largest absolute Gasteiger partial charge is 0.465 e. The number of nitrogens with two attached hydrogens (primary N) is 1. The van der Waals surface area contributed by atoms with Gasteiger partial charge in [0.25, 0.3) is 0 Å². The van der Waals surface area contributed by atoms with Crippen molar-refractivity contribution >= 4 is 11.8 Å². The highest BCUT2D eigenvalue weighted by Gasteiger charge is 2.15. The lowest BCUT2D eigenvalue weighted by molar-refractivity contribution is 0.189. The Morgan fingerprint density at radius 1 is 1.43 bits per heavy atom. The van der Waals surface area contributed by atoms with E-state index in [4.69, 9.17) is 10.8 Å². The number of hydrogen-bond donors (Lipinski definition) is 3. The molecule has 0 aliphatic carbocycles. The molecule has 5 heteroatoms. The quantitative estimate of drug-likeness (QED) is 0.580. The van der Waals surface area contributed by atoms with E-state index in [1.807, 2.05) is 36.4 Å². The monoisotopic (exact) mass is 283 g/mol. The van der Waals surface area contributed by atoms with E-state index in [-0.39, 0.29) is 0 Å². The summed E-state index contributed by atoms with van der Waals surface area (Å²) < 4.78 is 0. The van der Waals surface area contributed by atoms with Crippen LogP contribution in [-0.4, -0.2) is 16.2 Å². The number of carboxylic acid groups (broad SMARTS) is 1. The van der Waals surface area contributed by atoms with Gasteiger partial charge < -0.3 is 16.2 Å². The van der Waals surface area contributed by atoms with Gasteiger partial charge in [-0.25, -0.2) is 4.79 Å². The Labute approximate surface area is 123 Å². The average Bonchev–Trinajstić information content (AvgIpc) is 2.47. The van der Waals surface area contributed by atoms with Crippen LogP contribution in [-0.2, 0) is 0 Å². The van der Waals surface area contributed by atoms with E-state index in [0.717, 1.165) is 11.1 Å². The Morgan fingerprint density at radius 2 is 2.19 bits per heavy atom. The molecule has 1 amide bonds. The van der Waals surface area contributed by atoms with Crippen molar-refractivity contribution in [2.75, 3.05) is 5.73 Å². The maximum atomic E-state index is 10.9. The highest BCUT2D eigenvalue weighted by molar-refractivity contribution is 5.76. The molecule has 0 bridgehead atoms. The predicted molar refractivity (Wildman–Crippen MR) is 82.8 cm³/mol. The molecule has 1 atom stereocenters. The molecule has 0 aliphatic rings. The van der Waals surface area contributed by atoms with Crippen molar-refractivity contribution in [1.82, 2.24) is 10.3 Å². The predicted octanol–water partition coefficient (Wildman–Crippen LogP) is 3.22. The van der Waals surface area contributed by atoms with Crippen molar-refractivity contribution in [1.29, 1.82) is 0 Å². The van der Waals surface area contributed by atoms with E-state index in [9.17, 15) is 4.79 Å². The zero-order valence-electron chi connectivity index (χ0n) is 11.5. The van der Waals surface area contributed by atoms with Crippen LogP contribution in [0.1, 0.15) is 18.2 Å². The summed E-state index contributed by atoms with van der Waals surface area (Å²) in [5.41, 5.74) is 9.08. The topological polar surface area (TPSA) is 88.2 Å². The number of rotatable bonds is 5. The van der Waals surface area contributed by atoms with Gasteiger partial charge in [0.05, 0.1) is 11.7 Å². The number of nitrogen functional groups attached to an aromatic ring is 1. The van der Waals surface area contributed by atoms with E-state index >= 15 is 0 Å². The zero-order chi connectivity index (χ0) is 15.2. The molecule has 0 radical (unpaired) electrons. The summed E-state index contributed by atoms with van der Waals surface area (Å²) in [6.45, 7) is 3.65. The van der Waals surface area contributed by atoms with Crippen molar-refractivity contribution in [2.45, 2.75) is 12.5 Å². The lowest BCUT2D eigenvalue weighted by Gasteiger charge is -2.15. The Kier molecular flexibility index (Phi) is 4.56. The van der Waals surface area contributed by atoms with E-state index < -0.39 is 12.1 Å². The second-order valence-electron chi connectivity index (χ2n) is 4.58. The summed E-state index contributed by atoms with van der Waals surface area (Å²) in [5.74, 6) is 0. The van der Waals surface area contributed by atoms with E-state index in [1.165, 1.54) is 0 Å². The zero-order valence-corrected chi connectivity index (χ0v) is 11.5. The first-order valence-corrected chi connectivity index (χ1v) is 6.53. The number of amides is 1. The molecule has 0 fully saturated rings. The second kappa shape index (κ2) is 6.56. The van der Waals surface area contributed by atoms with Crippen LogP contribution in [0.4, 0.5) is 10.5 Å². The minimum absolute atomic E-state index is 0.426. The summed E-state index contributed by atoms with van der Waals surface area (Å²) in [6, 6.07) is 10.8. The fourth-order valence-corrected chi connectivity index (χ4v) is 2.14. The van der Waals surface area contributed by atoms with Gasteiger partial charge in [0.15, 0.2) is 0 Å². The summed E-state index contributed by atoms with van der Waals surface area (Å²) in [5, 5.41) is 11.4. The molecule has 1 unspecified atom stereocenters. The Balaban J connectivity index is 2.38. The third kappa shape index (κ3) is 3.60. The SMILES string of the molecule is C=CCC(NC(=O)O)c1cc(-c2ccccc2N)ccn1. The Bertz CT molecular complexity index is 655. The van der Waals surface area contributed by atoms with Crippen molar-refractivity contribution in [3.05, 3.63) is 60.9 Å². The van der Waals surface area contributed by atoms with Crippen LogP contribution in [0.25, 0.3) is 11.1 Å². The molecule has 0 spiro atoms. The first-order valence-electron chi connectivity index (χ1n) is 6.53. The first-order chi connectivity index (χ1) is 10.1.